The van der Waals surface area contributed by atoms with Crippen molar-refractivity contribution in [1.29, 1.82) is 0 Å². The van der Waals surface area contributed by atoms with E-state index in [-0.39, 0.29) is 12.2 Å². The van der Waals surface area contributed by atoms with E-state index in [0.717, 1.165) is 0 Å². The highest BCUT2D eigenvalue weighted by molar-refractivity contribution is 9.10. The molecular weight excluding hydrogens is 328 g/mol. The third kappa shape index (κ3) is 4.80. The Morgan fingerprint density at radius 2 is 2.05 bits per heavy atom. The molecule has 20 heavy (non-hydrogen) atoms. The van der Waals surface area contributed by atoms with Gasteiger partial charge in [-0.15, -0.1) is 0 Å². The molecule has 7 heteroatoms. The maximum atomic E-state index is 11.5. The van der Waals surface area contributed by atoms with Crippen LogP contribution in [0.4, 0.5) is 10.5 Å². The zero-order valence-corrected chi connectivity index (χ0v) is 13.4. The Morgan fingerprint density at radius 1 is 1.45 bits per heavy atom. The van der Waals surface area contributed by atoms with E-state index in [9.17, 15) is 14.9 Å². The van der Waals surface area contributed by atoms with E-state index < -0.39 is 16.6 Å². The van der Waals surface area contributed by atoms with Gasteiger partial charge in [0.25, 0.3) is 5.69 Å². The normalized spacial score (nSPS) is 11.1. The molecule has 0 radical (unpaired) electrons. The second kappa shape index (κ2) is 6.21. The van der Waals surface area contributed by atoms with Crippen molar-refractivity contribution in [3.8, 4) is 0 Å². The topological polar surface area (TPSA) is 81.5 Å². The SMILES string of the molecule is Cc1c(Br)cc(CNC(=O)OC(C)(C)C)cc1[N+](=O)[O-]. The Hall–Kier alpha value is -1.63. The van der Waals surface area contributed by atoms with Crippen molar-refractivity contribution in [2.24, 2.45) is 0 Å². The number of hydrogen-bond acceptors (Lipinski definition) is 4. The fraction of sp³-hybridized carbons (Fsp3) is 0.462. The first kappa shape index (κ1) is 16.4. The van der Waals surface area contributed by atoms with Crippen LogP contribution >= 0.6 is 15.9 Å². The van der Waals surface area contributed by atoms with E-state index in [1.807, 2.05) is 0 Å². The maximum Gasteiger partial charge on any atom is 0.407 e. The van der Waals surface area contributed by atoms with Gasteiger partial charge < -0.3 is 10.1 Å². The summed E-state index contributed by atoms with van der Waals surface area (Å²) in [6.45, 7) is 7.11. The van der Waals surface area contributed by atoms with Crippen LogP contribution in [0, 0.1) is 17.0 Å². The number of amides is 1. The number of carbonyl (C=O) groups is 1. The number of nitrogens with one attached hydrogen (secondary N) is 1. The first-order valence-electron chi connectivity index (χ1n) is 6.00. The molecule has 0 unspecified atom stereocenters. The average Bonchev–Trinajstić information content (AvgIpc) is 2.27. The van der Waals surface area contributed by atoms with E-state index >= 15 is 0 Å². The van der Waals surface area contributed by atoms with E-state index in [0.29, 0.717) is 15.6 Å². The molecule has 0 saturated carbocycles. The lowest BCUT2D eigenvalue weighted by Crippen LogP contribution is -2.32. The van der Waals surface area contributed by atoms with Gasteiger partial charge >= 0.3 is 6.09 Å². The second-order valence-electron chi connectivity index (χ2n) is 5.33. The van der Waals surface area contributed by atoms with Crippen molar-refractivity contribution in [2.45, 2.75) is 39.8 Å². The lowest BCUT2D eigenvalue weighted by atomic mass is 10.1. The lowest BCUT2D eigenvalue weighted by molar-refractivity contribution is -0.385. The fourth-order valence-corrected chi connectivity index (χ4v) is 2.00. The van der Waals surface area contributed by atoms with Crippen molar-refractivity contribution in [3.05, 3.63) is 37.8 Å². The van der Waals surface area contributed by atoms with Gasteiger partial charge in [-0.25, -0.2) is 4.79 Å². The van der Waals surface area contributed by atoms with Gasteiger partial charge in [-0.05, 0) is 39.3 Å². The first-order chi connectivity index (χ1) is 9.10. The molecule has 0 saturated heterocycles. The lowest BCUT2D eigenvalue weighted by Gasteiger charge is -2.19. The number of alkyl carbamates (subject to hydrolysis) is 1. The van der Waals surface area contributed by atoms with Gasteiger partial charge in [-0.2, -0.15) is 0 Å². The van der Waals surface area contributed by atoms with Gasteiger partial charge in [-0.1, -0.05) is 15.9 Å². The van der Waals surface area contributed by atoms with Crippen LogP contribution in [-0.4, -0.2) is 16.6 Å². The van der Waals surface area contributed by atoms with Crippen molar-refractivity contribution >= 4 is 27.7 Å². The van der Waals surface area contributed by atoms with Crippen LogP contribution in [-0.2, 0) is 11.3 Å². The molecule has 0 aliphatic rings. The van der Waals surface area contributed by atoms with E-state index in [1.54, 1.807) is 33.8 Å². The van der Waals surface area contributed by atoms with Crippen molar-refractivity contribution in [2.75, 3.05) is 0 Å². The average molecular weight is 345 g/mol. The summed E-state index contributed by atoms with van der Waals surface area (Å²) < 4.78 is 5.73. The predicted molar refractivity (Wildman–Crippen MR) is 78.6 cm³/mol. The number of nitro groups is 1. The third-order valence-corrected chi connectivity index (χ3v) is 3.23. The van der Waals surface area contributed by atoms with Gasteiger partial charge in [-0.3, -0.25) is 10.1 Å². The molecule has 0 atom stereocenters. The van der Waals surface area contributed by atoms with Gasteiger partial charge in [0.15, 0.2) is 0 Å². The largest absolute Gasteiger partial charge is 0.444 e. The minimum Gasteiger partial charge on any atom is -0.444 e. The zero-order chi connectivity index (χ0) is 15.5. The van der Waals surface area contributed by atoms with Gasteiger partial charge in [0, 0.05) is 22.6 Å². The molecule has 1 N–H and O–H groups in total. The highest BCUT2D eigenvalue weighted by Crippen LogP contribution is 2.27. The quantitative estimate of drug-likeness (QED) is 0.669. The van der Waals surface area contributed by atoms with Gasteiger partial charge in [0.2, 0.25) is 0 Å². The van der Waals surface area contributed by atoms with Crippen LogP contribution in [0.5, 0.6) is 0 Å². The fourth-order valence-electron chi connectivity index (χ4n) is 1.50. The van der Waals surface area contributed by atoms with Crippen molar-refractivity contribution < 1.29 is 14.5 Å². The van der Waals surface area contributed by atoms with E-state index in [4.69, 9.17) is 4.74 Å². The monoisotopic (exact) mass is 344 g/mol. The number of carbonyl (C=O) groups excluding carboxylic acids is 1. The summed E-state index contributed by atoms with van der Waals surface area (Å²) in [5.74, 6) is 0. The zero-order valence-electron chi connectivity index (χ0n) is 11.8. The molecule has 0 spiro atoms. The summed E-state index contributed by atoms with van der Waals surface area (Å²) >= 11 is 3.27. The summed E-state index contributed by atoms with van der Waals surface area (Å²) in [4.78, 5) is 22.0. The second-order valence-corrected chi connectivity index (χ2v) is 6.19. The van der Waals surface area contributed by atoms with Crippen LogP contribution in [0.3, 0.4) is 0 Å². The van der Waals surface area contributed by atoms with E-state index in [2.05, 4.69) is 21.2 Å². The minimum atomic E-state index is -0.579. The number of ether oxygens (including phenoxy) is 1. The van der Waals surface area contributed by atoms with Crippen LogP contribution in [0.25, 0.3) is 0 Å². The smallest absolute Gasteiger partial charge is 0.407 e. The van der Waals surface area contributed by atoms with Crippen LogP contribution < -0.4 is 5.32 Å². The molecule has 0 heterocycles. The molecular formula is C13H17BrN2O4. The highest BCUT2D eigenvalue weighted by atomic mass is 79.9. The predicted octanol–water partition coefficient (Wildman–Crippen LogP) is 3.69. The summed E-state index contributed by atoms with van der Waals surface area (Å²) in [6, 6.07) is 3.18. The van der Waals surface area contributed by atoms with Crippen molar-refractivity contribution in [1.82, 2.24) is 5.32 Å². The first-order valence-corrected chi connectivity index (χ1v) is 6.79. The molecule has 0 bridgehead atoms. The molecule has 0 aliphatic heterocycles. The molecule has 0 fully saturated rings. The van der Waals surface area contributed by atoms with Gasteiger partial charge in [0.1, 0.15) is 5.60 Å². The van der Waals surface area contributed by atoms with Crippen molar-refractivity contribution in [3.63, 3.8) is 0 Å². The Bertz CT molecular complexity index is 538. The Morgan fingerprint density at radius 3 is 2.55 bits per heavy atom. The molecule has 1 rings (SSSR count). The highest BCUT2D eigenvalue weighted by Gasteiger charge is 2.18. The summed E-state index contributed by atoms with van der Waals surface area (Å²) in [6.07, 6.45) is -0.558. The van der Waals surface area contributed by atoms with E-state index in [1.165, 1.54) is 6.07 Å². The molecule has 0 aliphatic carbocycles. The number of halogens is 1. The Balaban J connectivity index is 2.79. The minimum absolute atomic E-state index is 0.0142. The van der Waals surface area contributed by atoms with Crippen LogP contribution in [0.2, 0.25) is 0 Å². The summed E-state index contributed by atoms with van der Waals surface area (Å²) in [7, 11) is 0. The molecule has 1 aromatic rings. The Labute approximate surface area is 125 Å². The van der Waals surface area contributed by atoms with Crippen LogP contribution in [0.15, 0.2) is 16.6 Å². The maximum absolute atomic E-state index is 11.5. The number of hydrogen-bond donors (Lipinski definition) is 1. The molecule has 1 amide bonds. The molecule has 1 aromatic carbocycles. The number of rotatable bonds is 3. The molecule has 0 aromatic heterocycles. The standard InChI is InChI=1S/C13H17BrN2O4/c1-8-10(14)5-9(6-11(8)16(18)19)7-15-12(17)20-13(2,3)4/h5-6H,7H2,1-4H3,(H,15,17). The van der Waals surface area contributed by atoms with Gasteiger partial charge in [0.05, 0.1) is 4.92 Å². The third-order valence-electron chi connectivity index (χ3n) is 2.41. The van der Waals surface area contributed by atoms with Crippen LogP contribution in [0.1, 0.15) is 31.9 Å². The molecule has 110 valence electrons. The number of benzene rings is 1. The summed E-state index contributed by atoms with van der Waals surface area (Å²) in [5, 5.41) is 13.5. The molecule has 6 nitrogen and oxygen atoms in total. The summed E-state index contributed by atoms with van der Waals surface area (Å²) in [5.41, 5.74) is 0.612. The number of nitrogens with zero attached hydrogens (tertiary/aromatic N) is 1. The Kier molecular flexibility index (Phi) is 5.10. The number of nitro benzene ring substituents is 1.